The summed E-state index contributed by atoms with van der Waals surface area (Å²) in [4.78, 5) is 69.3. The van der Waals surface area contributed by atoms with Gasteiger partial charge in [-0.25, -0.2) is 24.0 Å². The summed E-state index contributed by atoms with van der Waals surface area (Å²) in [5.41, 5.74) is 11.7. The Kier molecular flexibility index (Phi) is 35.9. The first-order chi connectivity index (χ1) is 62.7. The third-order valence-electron chi connectivity index (χ3n) is 22.3. The SMILES string of the molecule is COC1=CC(=O)CC(c2ccc3c(c2)CCC3)C1.COC1=CC(=O)OC(/C=C/c2cc(OC)c(OC)c(OC)c2)C1.COC1=CC(=O)OC(/C=C/c2cccc3ccccc23)C1.COC1=CC(=O)OC(C=C(c2ccccc2)c2ccccc2)C1.COC1=CC(=O)OC(CCc2cc(OC)c(OC)c(OC)c2)C1.COC1=CC(=O)OC(CCc2cccc3ccccc23)C1. The molecule has 5 heterocycles. The molecule has 2 aliphatic carbocycles. The van der Waals surface area contributed by atoms with Crippen LogP contribution in [0.15, 0.2) is 277 Å². The van der Waals surface area contributed by atoms with Gasteiger partial charge >= 0.3 is 29.8 Å². The Morgan fingerprint density at radius 1 is 0.349 bits per heavy atom. The topological polar surface area (TPSA) is 259 Å². The van der Waals surface area contributed by atoms with Crippen molar-refractivity contribution >= 4 is 74.9 Å². The summed E-state index contributed by atoms with van der Waals surface area (Å²) < 4.78 is 89.5. The van der Waals surface area contributed by atoms with Crippen LogP contribution in [0.5, 0.6) is 34.5 Å². The first-order valence-electron chi connectivity index (χ1n) is 42.6. The minimum atomic E-state index is -0.410. The van der Waals surface area contributed by atoms with Crippen LogP contribution in [0.4, 0.5) is 0 Å². The fourth-order valence-corrected chi connectivity index (χ4v) is 15.8. The molecule has 0 radical (unpaired) electrons. The second-order valence-electron chi connectivity index (χ2n) is 30.7. The highest BCUT2D eigenvalue weighted by Gasteiger charge is 2.29. The van der Waals surface area contributed by atoms with Crippen molar-refractivity contribution in [2.75, 3.05) is 85.3 Å². The molecule has 0 saturated heterocycles. The van der Waals surface area contributed by atoms with Gasteiger partial charge in [-0.05, 0) is 171 Å². The number of rotatable bonds is 26. The van der Waals surface area contributed by atoms with Gasteiger partial charge in [-0.3, -0.25) is 4.79 Å². The second-order valence-corrected chi connectivity index (χ2v) is 30.7. The molecule has 16 rings (SSSR count). The summed E-state index contributed by atoms with van der Waals surface area (Å²) in [6.45, 7) is 0. The standard InChI is InChI=1S/C20H18O3.C18H18O3.C18H16O3.C17H22O6.C17H20O6.C16H18O2/c1-22-17-12-18(23-20(21)14-17)13-19(15-8-4-2-5-9-15)16-10-6-3-7-11-16;2*1-20-16-11-15(21-18(19)12-16)10-9-14-7-4-6-13-5-2-3-8-17(13)14;2*1-19-13-9-12(23-16(18)10-13)6-5-11-7-14(20-2)17(22-4)15(8-11)21-3;1-18-16-9-14(8-15(17)10-16)13-6-5-11-3-2-4-12(11)7-13/h2-11,13-14,18H,12H2,1H3;2-8,12,15H,9-11H2,1H3;2-10,12,15H,11H2,1H3;7-8,10,12H,5-6,9H2,1-4H3;5-8,10,12H,9H2,1-4H3;5-7,10,14H,2-4,8-9H2,1H3/b;;10-9+;;6-5+;. The molecule has 0 spiro atoms. The molecule has 23 nitrogen and oxygen atoms in total. The maximum absolute atomic E-state index is 11.7. The lowest BCUT2D eigenvalue weighted by molar-refractivity contribution is -0.146. The number of allylic oxidation sites excluding steroid dienone is 2. The van der Waals surface area contributed by atoms with Crippen molar-refractivity contribution in [3.05, 3.63) is 327 Å². The first kappa shape index (κ1) is 95.4. The van der Waals surface area contributed by atoms with Crippen LogP contribution in [-0.2, 0) is 107 Å². The van der Waals surface area contributed by atoms with Crippen LogP contribution in [0.3, 0.4) is 0 Å². The van der Waals surface area contributed by atoms with Gasteiger partial charge in [0.1, 0.15) is 59.3 Å². The predicted octanol–water partition coefficient (Wildman–Crippen LogP) is 19.5. The summed E-state index contributed by atoms with van der Waals surface area (Å²) in [5.74, 6) is 6.18. The largest absolute Gasteiger partial charge is 0.501 e. The number of ketones is 1. The van der Waals surface area contributed by atoms with E-state index in [2.05, 4.69) is 103 Å². The Balaban J connectivity index is 0.000000150. The summed E-state index contributed by atoms with van der Waals surface area (Å²) in [6.07, 6.45) is 27.9. The van der Waals surface area contributed by atoms with E-state index in [0.29, 0.717) is 121 Å². The number of aryl methyl sites for hydroxylation is 4. The fourth-order valence-electron chi connectivity index (χ4n) is 15.8. The summed E-state index contributed by atoms with van der Waals surface area (Å²) >= 11 is 0. The molecule has 6 atom stereocenters. The number of ether oxygens (including phenoxy) is 17. The molecule has 6 unspecified atom stereocenters. The molecule has 9 aromatic rings. The van der Waals surface area contributed by atoms with Gasteiger partial charge in [-0.15, -0.1) is 0 Å². The molecule has 5 aliphatic heterocycles. The Morgan fingerprint density at radius 2 is 0.767 bits per heavy atom. The average molecular weight is 1750 g/mol. The molecule has 7 aliphatic rings. The van der Waals surface area contributed by atoms with E-state index in [1.54, 1.807) is 90.4 Å². The monoisotopic (exact) mass is 1750 g/mol. The van der Waals surface area contributed by atoms with Crippen LogP contribution in [0, 0.1) is 0 Å². The maximum Gasteiger partial charge on any atom is 0.334 e. The van der Waals surface area contributed by atoms with Gasteiger partial charge in [0.25, 0.3) is 0 Å². The number of carbonyl (C=O) groups is 6. The van der Waals surface area contributed by atoms with Crippen molar-refractivity contribution in [3.63, 3.8) is 0 Å². The molecule has 0 saturated carbocycles. The molecule has 23 heteroatoms. The predicted molar refractivity (Wildman–Crippen MR) is 493 cm³/mol. The van der Waals surface area contributed by atoms with Gasteiger partial charge < -0.3 is 80.5 Å². The van der Waals surface area contributed by atoms with Crippen LogP contribution in [0.2, 0.25) is 0 Å². The second kappa shape index (κ2) is 48.5. The zero-order valence-corrected chi connectivity index (χ0v) is 75.0. The zero-order valence-electron chi connectivity index (χ0n) is 75.0. The highest BCUT2D eigenvalue weighted by Crippen LogP contribution is 2.42. The van der Waals surface area contributed by atoms with E-state index in [1.165, 1.54) is 101 Å². The molecule has 129 heavy (non-hydrogen) atoms. The van der Waals surface area contributed by atoms with Crippen molar-refractivity contribution in [2.45, 2.75) is 126 Å². The number of esters is 5. The minimum Gasteiger partial charge on any atom is -0.501 e. The molecule has 0 bridgehead atoms. The van der Waals surface area contributed by atoms with Crippen LogP contribution in [-0.4, -0.2) is 151 Å². The van der Waals surface area contributed by atoms with Gasteiger partial charge in [0, 0.05) is 51.0 Å². The van der Waals surface area contributed by atoms with Gasteiger partial charge in [0.2, 0.25) is 11.5 Å². The molecule has 674 valence electrons. The van der Waals surface area contributed by atoms with Crippen molar-refractivity contribution in [1.29, 1.82) is 0 Å². The van der Waals surface area contributed by atoms with E-state index in [-0.39, 0.29) is 60.2 Å². The minimum absolute atomic E-state index is 0.101. The van der Waals surface area contributed by atoms with Crippen molar-refractivity contribution in [1.82, 2.24) is 0 Å². The number of hydrogen-bond acceptors (Lipinski definition) is 23. The zero-order chi connectivity index (χ0) is 91.6. The Bertz CT molecular complexity index is 5570. The lowest BCUT2D eigenvalue weighted by Crippen LogP contribution is -2.23. The molecule has 0 fully saturated rings. The lowest BCUT2D eigenvalue weighted by atomic mass is 9.85. The van der Waals surface area contributed by atoms with Crippen molar-refractivity contribution in [3.8, 4) is 34.5 Å². The van der Waals surface area contributed by atoms with E-state index in [0.717, 1.165) is 58.4 Å². The summed E-state index contributed by atoms with van der Waals surface area (Å²) in [7, 11) is 18.9. The summed E-state index contributed by atoms with van der Waals surface area (Å²) in [5, 5.41) is 4.89. The Morgan fingerprint density at radius 3 is 1.28 bits per heavy atom. The normalized spacial score (nSPS) is 18.4. The number of benzene rings is 9. The van der Waals surface area contributed by atoms with Gasteiger partial charge in [-0.2, -0.15) is 0 Å². The van der Waals surface area contributed by atoms with Crippen LogP contribution >= 0.6 is 0 Å². The third-order valence-corrected chi connectivity index (χ3v) is 22.3. The van der Waals surface area contributed by atoms with E-state index in [1.807, 2.05) is 109 Å². The summed E-state index contributed by atoms with van der Waals surface area (Å²) in [6, 6.07) is 63.4. The molecule has 0 aromatic heterocycles. The molecule has 0 N–H and O–H groups in total. The van der Waals surface area contributed by atoms with E-state index < -0.39 is 5.97 Å². The first-order valence-corrected chi connectivity index (χ1v) is 42.6. The van der Waals surface area contributed by atoms with Crippen molar-refractivity contribution in [2.24, 2.45) is 0 Å². The Labute approximate surface area is 753 Å². The van der Waals surface area contributed by atoms with Gasteiger partial charge in [0.15, 0.2) is 28.8 Å². The highest BCUT2D eigenvalue weighted by atomic mass is 16.6. The van der Waals surface area contributed by atoms with Gasteiger partial charge in [0.05, 0.1) is 121 Å². The van der Waals surface area contributed by atoms with Crippen LogP contribution < -0.4 is 28.4 Å². The van der Waals surface area contributed by atoms with Gasteiger partial charge in [-0.1, -0.05) is 176 Å². The highest BCUT2D eigenvalue weighted by molar-refractivity contribution is 5.93. The number of methoxy groups -OCH3 is 12. The molecular formula is C106H112O23. The molecular weight excluding hydrogens is 1640 g/mol. The van der Waals surface area contributed by atoms with E-state index >= 15 is 0 Å². The number of hydrogen-bond donors (Lipinski definition) is 0. The maximum atomic E-state index is 11.7. The number of fused-ring (bicyclic) bond motifs is 3. The Hall–Kier alpha value is -14.2. The fraction of sp³-hybridized carbons (Fsp3) is 0.302. The number of cyclic esters (lactones) is 5. The third kappa shape index (κ3) is 27.6. The van der Waals surface area contributed by atoms with Crippen LogP contribution in [0.1, 0.15) is 120 Å². The van der Waals surface area contributed by atoms with Crippen LogP contribution in [0.25, 0.3) is 39.3 Å². The van der Waals surface area contributed by atoms with Crippen molar-refractivity contribution < 1.29 is 109 Å². The van der Waals surface area contributed by atoms with E-state index in [9.17, 15) is 28.8 Å². The smallest absolute Gasteiger partial charge is 0.334 e. The lowest BCUT2D eigenvalue weighted by Gasteiger charge is -2.22. The van der Waals surface area contributed by atoms with E-state index in [4.69, 9.17) is 80.5 Å². The quantitative estimate of drug-likeness (QED) is 0.0360. The molecule has 0 amide bonds. The average Bonchev–Trinajstić information content (AvgIpc) is 1.81. The number of carbonyl (C=O) groups excluding carboxylic acids is 6. The molecule has 9 aromatic carbocycles.